The summed E-state index contributed by atoms with van der Waals surface area (Å²) in [7, 11) is 0. The van der Waals surface area contributed by atoms with Gasteiger partial charge in [0, 0.05) is 16.6 Å². The van der Waals surface area contributed by atoms with Gasteiger partial charge in [-0.05, 0) is 56.2 Å². The van der Waals surface area contributed by atoms with Gasteiger partial charge in [-0.3, -0.25) is 14.2 Å². The third kappa shape index (κ3) is 4.37. The molecule has 0 bridgehead atoms. The van der Waals surface area contributed by atoms with E-state index < -0.39 is 0 Å². The quantitative estimate of drug-likeness (QED) is 0.337. The largest absolute Gasteiger partial charge is 0.325 e. The molecule has 170 valence electrons. The monoisotopic (exact) mass is 469 g/mol. The summed E-state index contributed by atoms with van der Waals surface area (Å²) in [5.41, 5.74) is 4.17. The first kappa shape index (κ1) is 23.1. The Kier molecular flexibility index (Phi) is 6.77. The van der Waals surface area contributed by atoms with Crippen molar-refractivity contribution in [1.82, 2.24) is 9.55 Å². The second-order valence-electron chi connectivity index (χ2n) is 9.00. The molecule has 0 unspecified atom stereocenters. The van der Waals surface area contributed by atoms with Gasteiger partial charge < -0.3 is 5.32 Å². The summed E-state index contributed by atoms with van der Waals surface area (Å²) in [4.78, 5) is 33.2. The van der Waals surface area contributed by atoms with Gasteiger partial charge in [0.15, 0.2) is 5.16 Å². The smallest absolute Gasteiger partial charge is 0.263 e. The first-order chi connectivity index (χ1) is 15.3. The summed E-state index contributed by atoms with van der Waals surface area (Å²) < 4.78 is 1.87. The Bertz CT molecular complexity index is 1220. The van der Waals surface area contributed by atoms with Crippen LogP contribution in [0.15, 0.2) is 28.2 Å². The van der Waals surface area contributed by atoms with Gasteiger partial charge in [0.2, 0.25) is 5.91 Å². The van der Waals surface area contributed by atoms with Crippen molar-refractivity contribution in [3.63, 3.8) is 0 Å². The van der Waals surface area contributed by atoms with Gasteiger partial charge in [0.1, 0.15) is 4.83 Å². The van der Waals surface area contributed by atoms with E-state index in [9.17, 15) is 9.59 Å². The number of nitrogens with zero attached hydrogens (tertiary/aromatic N) is 2. The molecule has 1 fully saturated rings. The standard InChI is InChI=1S/C25H31N3O2S2/c1-14(2)19-12-8-9-15(3)22(19)26-20(29)13-31-25-27-23-21(16(4)17(5)32-23)24(30)28(25)18-10-6-7-11-18/h8-9,12,14,18H,6-7,10-11,13H2,1-5H3,(H,26,29). The third-order valence-corrected chi connectivity index (χ3v) is 8.47. The third-order valence-electron chi connectivity index (χ3n) is 6.42. The SMILES string of the molecule is Cc1cccc(C(C)C)c1NC(=O)CSc1nc2sc(C)c(C)c2c(=O)n1C1CCCC1. The fourth-order valence-corrected chi connectivity index (χ4v) is 6.46. The Morgan fingerprint density at radius 3 is 2.66 bits per heavy atom. The lowest BCUT2D eigenvalue weighted by Gasteiger charge is -2.19. The lowest BCUT2D eigenvalue weighted by molar-refractivity contribution is -0.113. The van der Waals surface area contributed by atoms with E-state index in [1.807, 2.05) is 37.5 Å². The number of aryl methyl sites for hydroxylation is 3. The molecule has 0 spiro atoms. The molecule has 0 radical (unpaired) electrons. The molecular formula is C25H31N3O2S2. The number of thioether (sulfide) groups is 1. The zero-order valence-electron chi connectivity index (χ0n) is 19.4. The molecule has 1 aliphatic rings. The number of para-hydroxylation sites is 1. The fourth-order valence-electron chi connectivity index (χ4n) is 4.52. The average Bonchev–Trinajstić information content (AvgIpc) is 3.36. The van der Waals surface area contributed by atoms with Crippen molar-refractivity contribution < 1.29 is 4.79 Å². The van der Waals surface area contributed by atoms with Crippen molar-refractivity contribution in [3.8, 4) is 0 Å². The molecule has 7 heteroatoms. The maximum absolute atomic E-state index is 13.5. The molecule has 3 aromatic rings. The van der Waals surface area contributed by atoms with Crippen LogP contribution in [-0.4, -0.2) is 21.2 Å². The molecule has 32 heavy (non-hydrogen) atoms. The Morgan fingerprint density at radius 2 is 1.97 bits per heavy atom. The highest BCUT2D eigenvalue weighted by Crippen LogP contribution is 2.35. The number of aromatic nitrogens is 2. The molecule has 5 nitrogen and oxygen atoms in total. The predicted molar refractivity (Wildman–Crippen MR) is 135 cm³/mol. The number of carbonyl (C=O) groups is 1. The van der Waals surface area contributed by atoms with Crippen molar-refractivity contribution in [2.45, 2.75) is 77.4 Å². The normalized spacial score (nSPS) is 14.6. The van der Waals surface area contributed by atoms with Crippen LogP contribution < -0.4 is 10.9 Å². The fraction of sp³-hybridized carbons (Fsp3) is 0.480. The summed E-state index contributed by atoms with van der Waals surface area (Å²) in [6.45, 7) is 10.3. The van der Waals surface area contributed by atoms with Gasteiger partial charge in [-0.2, -0.15) is 0 Å². The van der Waals surface area contributed by atoms with E-state index >= 15 is 0 Å². The van der Waals surface area contributed by atoms with Gasteiger partial charge in [-0.1, -0.05) is 56.7 Å². The molecule has 2 heterocycles. The minimum absolute atomic E-state index is 0.0488. The number of hydrogen-bond acceptors (Lipinski definition) is 5. The Hall–Kier alpha value is -2.12. The lowest BCUT2D eigenvalue weighted by atomic mass is 9.98. The second-order valence-corrected chi connectivity index (χ2v) is 11.1. The van der Waals surface area contributed by atoms with Crippen LogP contribution in [0.2, 0.25) is 0 Å². The van der Waals surface area contributed by atoms with Crippen LogP contribution >= 0.6 is 23.1 Å². The van der Waals surface area contributed by atoms with E-state index in [4.69, 9.17) is 4.98 Å². The number of amides is 1. The van der Waals surface area contributed by atoms with Gasteiger partial charge in [-0.15, -0.1) is 11.3 Å². The minimum atomic E-state index is -0.0722. The number of hydrogen-bond donors (Lipinski definition) is 1. The van der Waals surface area contributed by atoms with Crippen molar-refractivity contribution in [2.75, 3.05) is 11.1 Å². The summed E-state index contributed by atoms with van der Waals surface area (Å²) in [5.74, 6) is 0.469. The van der Waals surface area contributed by atoms with Crippen molar-refractivity contribution >= 4 is 44.9 Å². The van der Waals surface area contributed by atoms with Crippen LogP contribution in [-0.2, 0) is 4.79 Å². The maximum Gasteiger partial charge on any atom is 0.263 e. The number of fused-ring (bicyclic) bond motifs is 1. The van der Waals surface area contributed by atoms with Crippen molar-refractivity contribution in [1.29, 1.82) is 0 Å². The summed E-state index contributed by atoms with van der Waals surface area (Å²) in [6, 6.07) is 6.28. The van der Waals surface area contributed by atoms with Gasteiger partial charge >= 0.3 is 0 Å². The molecule has 4 rings (SSSR count). The Balaban J connectivity index is 1.63. The molecule has 0 saturated heterocycles. The summed E-state index contributed by atoms with van der Waals surface area (Å²) >= 11 is 2.94. The Labute approximate surface area is 197 Å². The van der Waals surface area contributed by atoms with Crippen LogP contribution in [0, 0.1) is 20.8 Å². The minimum Gasteiger partial charge on any atom is -0.325 e. The Morgan fingerprint density at radius 1 is 1.25 bits per heavy atom. The zero-order valence-corrected chi connectivity index (χ0v) is 21.1. The lowest BCUT2D eigenvalue weighted by Crippen LogP contribution is -2.27. The maximum atomic E-state index is 13.5. The highest BCUT2D eigenvalue weighted by molar-refractivity contribution is 7.99. The van der Waals surface area contributed by atoms with E-state index in [0.29, 0.717) is 11.1 Å². The molecule has 0 aliphatic heterocycles. The highest BCUT2D eigenvalue weighted by Gasteiger charge is 2.25. The molecule has 1 N–H and O–H groups in total. The van der Waals surface area contributed by atoms with Gasteiger partial charge in [-0.25, -0.2) is 4.98 Å². The molecular weight excluding hydrogens is 438 g/mol. The van der Waals surface area contributed by atoms with Gasteiger partial charge in [0.25, 0.3) is 5.56 Å². The molecule has 1 amide bonds. The summed E-state index contributed by atoms with van der Waals surface area (Å²) in [5, 5.41) is 4.52. The first-order valence-corrected chi connectivity index (χ1v) is 13.1. The average molecular weight is 470 g/mol. The number of benzene rings is 1. The zero-order chi connectivity index (χ0) is 23.0. The van der Waals surface area contributed by atoms with Crippen LogP contribution in [0.25, 0.3) is 10.2 Å². The van der Waals surface area contributed by atoms with E-state index in [2.05, 4.69) is 25.2 Å². The summed E-state index contributed by atoms with van der Waals surface area (Å²) in [6.07, 6.45) is 4.26. The van der Waals surface area contributed by atoms with E-state index in [1.165, 1.54) is 11.8 Å². The predicted octanol–water partition coefficient (Wildman–Crippen LogP) is 6.35. The van der Waals surface area contributed by atoms with Crippen LogP contribution in [0.4, 0.5) is 5.69 Å². The van der Waals surface area contributed by atoms with E-state index in [-0.39, 0.29) is 23.3 Å². The molecule has 1 aromatic carbocycles. The molecule has 0 atom stereocenters. The number of rotatable bonds is 6. The second kappa shape index (κ2) is 9.40. The molecule has 1 aliphatic carbocycles. The van der Waals surface area contributed by atoms with E-state index in [1.54, 1.807) is 11.3 Å². The van der Waals surface area contributed by atoms with Crippen molar-refractivity contribution in [2.24, 2.45) is 0 Å². The molecule has 1 saturated carbocycles. The molecule has 2 aromatic heterocycles. The number of thiophene rings is 1. The van der Waals surface area contributed by atoms with E-state index in [0.717, 1.165) is 63.2 Å². The number of carbonyl (C=O) groups excluding carboxylic acids is 1. The van der Waals surface area contributed by atoms with Crippen LogP contribution in [0.3, 0.4) is 0 Å². The highest BCUT2D eigenvalue weighted by atomic mass is 32.2. The van der Waals surface area contributed by atoms with Crippen LogP contribution in [0.1, 0.15) is 73.1 Å². The number of nitrogens with one attached hydrogen (secondary N) is 1. The van der Waals surface area contributed by atoms with Gasteiger partial charge in [0.05, 0.1) is 11.1 Å². The first-order valence-electron chi connectivity index (χ1n) is 11.3. The number of anilines is 1. The topological polar surface area (TPSA) is 64.0 Å². The van der Waals surface area contributed by atoms with Crippen LogP contribution in [0.5, 0.6) is 0 Å². The van der Waals surface area contributed by atoms with Crippen molar-refractivity contribution in [3.05, 3.63) is 50.1 Å².